The highest BCUT2D eigenvalue weighted by atomic mass is 35.5. The number of benzene rings is 1. The zero-order valence-electron chi connectivity index (χ0n) is 11.9. The van der Waals surface area contributed by atoms with Crippen LogP contribution in [0.15, 0.2) is 18.2 Å². The Kier molecular flexibility index (Phi) is 6.12. The van der Waals surface area contributed by atoms with Gasteiger partial charge in [-0.15, -0.1) is 0 Å². The lowest BCUT2D eigenvalue weighted by Crippen LogP contribution is -2.42. The molecule has 0 aromatic heterocycles. The summed E-state index contributed by atoms with van der Waals surface area (Å²) in [6.45, 7) is 5.02. The van der Waals surface area contributed by atoms with Gasteiger partial charge >= 0.3 is 0 Å². The van der Waals surface area contributed by atoms with Gasteiger partial charge in [-0.2, -0.15) is 0 Å². The van der Waals surface area contributed by atoms with Crippen LogP contribution in [0.25, 0.3) is 0 Å². The first kappa shape index (κ1) is 15.8. The van der Waals surface area contributed by atoms with E-state index in [1.165, 1.54) is 0 Å². The van der Waals surface area contributed by atoms with Crippen molar-refractivity contribution in [1.29, 1.82) is 0 Å². The zero-order valence-corrected chi connectivity index (χ0v) is 12.6. The Labute approximate surface area is 119 Å². The molecule has 1 N–H and O–H groups in total. The maximum absolute atomic E-state index is 11.8. The Morgan fingerprint density at radius 1 is 1.53 bits per heavy atom. The fourth-order valence-corrected chi connectivity index (χ4v) is 1.99. The van der Waals surface area contributed by atoms with E-state index in [2.05, 4.69) is 5.32 Å². The SMILES string of the molecule is CCNC(=O)[C@H](C)N(C)Cc1cc(Cl)ccc1OC. The van der Waals surface area contributed by atoms with Crippen molar-refractivity contribution in [2.45, 2.75) is 26.4 Å². The quantitative estimate of drug-likeness (QED) is 0.872. The normalized spacial score (nSPS) is 12.3. The summed E-state index contributed by atoms with van der Waals surface area (Å²) in [5, 5.41) is 3.48. The second kappa shape index (κ2) is 7.36. The highest BCUT2D eigenvalue weighted by Gasteiger charge is 2.18. The molecule has 1 aromatic rings. The van der Waals surface area contributed by atoms with Crippen molar-refractivity contribution < 1.29 is 9.53 Å². The molecule has 5 heteroatoms. The third-order valence-electron chi connectivity index (χ3n) is 3.05. The first-order chi connectivity index (χ1) is 8.99. The lowest BCUT2D eigenvalue weighted by molar-refractivity contribution is -0.125. The highest BCUT2D eigenvalue weighted by molar-refractivity contribution is 6.30. The molecule has 19 heavy (non-hydrogen) atoms. The van der Waals surface area contributed by atoms with Gasteiger partial charge in [0.2, 0.25) is 5.91 Å². The molecule has 0 spiro atoms. The number of carbonyl (C=O) groups excluding carboxylic acids is 1. The number of carbonyl (C=O) groups is 1. The van der Waals surface area contributed by atoms with Gasteiger partial charge in [0.05, 0.1) is 13.2 Å². The number of nitrogens with zero attached hydrogens (tertiary/aromatic N) is 1. The predicted molar refractivity (Wildman–Crippen MR) is 77.6 cm³/mol. The van der Waals surface area contributed by atoms with Gasteiger partial charge in [0, 0.05) is 23.7 Å². The molecule has 106 valence electrons. The van der Waals surface area contributed by atoms with Crippen LogP contribution in [0.4, 0.5) is 0 Å². The molecule has 0 aliphatic carbocycles. The molecule has 1 aromatic carbocycles. The summed E-state index contributed by atoms with van der Waals surface area (Å²) in [4.78, 5) is 13.7. The van der Waals surface area contributed by atoms with Crippen LogP contribution in [0.2, 0.25) is 5.02 Å². The van der Waals surface area contributed by atoms with E-state index in [9.17, 15) is 4.79 Å². The molecule has 0 aliphatic heterocycles. The maximum atomic E-state index is 11.8. The lowest BCUT2D eigenvalue weighted by atomic mass is 10.1. The van der Waals surface area contributed by atoms with Gasteiger partial charge in [-0.25, -0.2) is 0 Å². The number of amides is 1. The standard InChI is InChI=1S/C14H21ClN2O2/c1-5-16-14(18)10(2)17(3)9-11-8-12(15)6-7-13(11)19-4/h6-8,10H,5,9H2,1-4H3,(H,16,18)/t10-/m0/s1. The number of rotatable bonds is 6. The minimum atomic E-state index is -0.205. The molecule has 1 rings (SSSR count). The summed E-state index contributed by atoms with van der Waals surface area (Å²) in [7, 11) is 3.53. The number of halogens is 1. The van der Waals surface area contributed by atoms with E-state index in [0.29, 0.717) is 18.1 Å². The van der Waals surface area contributed by atoms with Crippen LogP contribution >= 0.6 is 11.6 Å². The maximum Gasteiger partial charge on any atom is 0.237 e. The van der Waals surface area contributed by atoms with Gasteiger partial charge in [0.15, 0.2) is 0 Å². The van der Waals surface area contributed by atoms with E-state index in [0.717, 1.165) is 11.3 Å². The van der Waals surface area contributed by atoms with Crippen molar-refractivity contribution in [2.24, 2.45) is 0 Å². The number of hydrogen-bond acceptors (Lipinski definition) is 3. The van der Waals surface area contributed by atoms with Gasteiger partial charge < -0.3 is 10.1 Å². The van der Waals surface area contributed by atoms with Crippen LogP contribution in [-0.2, 0) is 11.3 Å². The van der Waals surface area contributed by atoms with Crippen LogP contribution in [0.1, 0.15) is 19.4 Å². The topological polar surface area (TPSA) is 41.6 Å². The van der Waals surface area contributed by atoms with Crippen molar-refractivity contribution in [1.82, 2.24) is 10.2 Å². The molecule has 0 saturated heterocycles. The van der Waals surface area contributed by atoms with Crippen LogP contribution in [0.3, 0.4) is 0 Å². The molecule has 0 fully saturated rings. The molecule has 1 amide bonds. The second-order valence-corrected chi connectivity index (χ2v) is 4.88. The van der Waals surface area contributed by atoms with Crippen molar-refractivity contribution in [2.75, 3.05) is 20.7 Å². The van der Waals surface area contributed by atoms with Crippen molar-refractivity contribution >= 4 is 17.5 Å². The van der Waals surface area contributed by atoms with E-state index in [4.69, 9.17) is 16.3 Å². The van der Waals surface area contributed by atoms with E-state index in [-0.39, 0.29) is 11.9 Å². The second-order valence-electron chi connectivity index (χ2n) is 4.44. The number of ether oxygens (including phenoxy) is 1. The molecule has 0 unspecified atom stereocenters. The van der Waals surface area contributed by atoms with Crippen molar-refractivity contribution in [3.05, 3.63) is 28.8 Å². The Hall–Kier alpha value is -1.26. The van der Waals surface area contributed by atoms with Gasteiger partial charge in [0.25, 0.3) is 0 Å². The average Bonchev–Trinajstić information content (AvgIpc) is 2.38. The molecular weight excluding hydrogens is 264 g/mol. The smallest absolute Gasteiger partial charge is 0.237 e. The number of methoxy groups -OCH3 is 1. The van der Waals surface area contributed by atoms with Gasteiger partial charge in [-0.05, 0) is 39.1 Å². The Morgan fingerprint density at radius 2 is 2.21 bits per heavy atom. The monoisotopic (exact) mass is 284 g/mol. The molecule has 0 radical (unpaired) electrons. The molecule has 4 nitrogen and oxygen atoms in total. The van der Waals surface area contributed by atoms with Crippen LogP contribution in [0.5, 0.6) is 5.75 Å². The number of nitrogens with one attached hydrogen (secondary N) is 1. The Bertz CT molecular complexity index is 437. The first-order valence-corrected chi connectivity index (χ1v) is 6.67. The third-order valence-corrected chi connectivity index (χ3v) is 3.29. The molecule has 0 saturated carbocycles. The summed E-state index contributed by atoms with van der Waals surface area (Å²) in [6, 6.07) is 5.28. The molecule has 0 aliphatic rings. The fourth-order valence-electron chi connectivity index (χ4n) is 1.80. The first-order valence-electron chi connectivity index (χ1n) is 6.30. The Balaban J connectivity index is 2.78. The van der Waals surface area contributed by atoms with Gasteiger partial charge in [0.1, 0.15) is 5.75 Å². The van der Waals surface area contributed by atoms with E-state index < -0.39 is 0 Å². The summed E-state index contributed by atoms with van der Waals surface area (Å²) >= 11 is 6.00. The molecule has 1 atom stereocenters. The van der Waals surface area contributed by atoms with Crippen molar-refractivity contribution in [3.8, 4) is 5.75 Å². The summed E-state index contributed by atoms with van der Waals surface area (Å²) in [5.41, 5.74) is 0.966. The summed E-state index contributed by atoms with van der Waals surface area (Å²) in [5.74, 6) is 0.797. The number of likely N-dealkylation sites (N-methyl/N-ethyl adjacent to an activating group) is 2. The van der Waals surface area contributed by atoms with E-state index in [1.54, 1.807) is 13.2 Å². The molecule has 0 bridgehead atoms. The van der Waals surface area contributed by atoms with Crippen molar-refractivity contribution in [3.63, 3.8) is 0 Å². The summed E-state index contributed by atoms with van der Waals surface area (Å²) < 4.78 is 5.30. The average molecular weight is 285 g/mol. The number of hydrogen-bond donors (Lipinski definition) is 1. The van der Waals surface area contributed by atoms with Gasteiger partial charge in [-0.1, -0.05) is 11.6 Å². The minimum absolute atomic E-state index is 0.0194. The highest BCUT2D eigenvalue weighted by Crippen LogP contribution is 2.24. The van der Waals surface area contributed by atoms with Crippen LogP contribution in [0, 0.1) is 0 Å². The van der Waals surface area contributed by atoms with E-state index >= 15 is 0 Å². The fraction of sp³-hybridized carbons (Fsp3) is 0.500. The lowest BCUT2D eigenvalue weighted by Gasteiger charge is -2.24. The van der Waals surface area contributed by atoms with E-state index in [1.807, 2.05) is 37.9 Å². The zero-order chi connectivity index (χ0) is 14.4. The Morgan fingerprint density at radius 3 is 2.79 bits per heavy atom. The van der Waals surface area contributed by atoms with Crippen LogP contribution in [-0.4, -0.2) is 37.6 Å². The molecule has 0 heterocycles. The summed E-state index contributed by atoms with van der Waals surface area (Å²) in [6.07, 6.45) is 0. The third kappa shape index (κ3) is 4.40. The largest absolute Gasteiger partial charge is 0.496 e. The van der Waals surface area contributed by atoms with Gasteiger partial charge in [-0.3, -0.25) is 9.69 Å². The molecular formula is C14H21ClN2O2. The minimum Gasteiger partial charge on any atom is -0.496 e. The predicted octanol–water partition coefficient (Wildman–Crippen LogP) is 2.30. The van der Waals surface area contributed by atoms with Crippen LogP contribution < -0.4 is 10.1 Å².